The molecule has 0 nitrogen and oxygen atoms in total. The molecule has 2 aromatic rings. The Labute approximate surface area is 140 Å². The van der Waals surface area contributed by atoms with E-state index in [0.717, 1.165) is 28.2 Å². The molecule has 0 saturated carbocycles. The second-order valence-electron chi connectivity index (χ2n) is 4.79. The zero-order valence-corrected chi connectivity index (χ0v) is 14.7. The first-order valence-corrected chi connectivity index (χ1v) is 8.62. The quantitative estimate of drug-likeness (QED) is 0.518. The molecule has 0 heterocycles. The average molecular weight is 421 g/mol. The summed E-state index contributed by atoms with van der Waals surface area (Å²) in [6, 6.07) is 12.8. The van der Waals surface area contributed by atoms with Crippen LogP contribution in [0.5, 0.6) is 0 Å². The molecule has 2 aromatic carbocycles. The van der Waals surface area contributed by atoms with Gasteiger partial charge in [0.2, 0.25) is 0 Å². The maximum Gasteiger partial charge on any atom is 0.123 e. The van der Waals surface area contributed by atoms with E-state index >= 15 is 0 Å². The van der Waals surface area contributed by atoms with Gasteiger partial charge in [0.05, 0.1) is 0 Å². The summed E-state index contributed by atoms with van der Waals surface area (Å²) < 4.78 is 14.4. The van der Waals surface area contributed by atoms with Crippen LogP contribution < -0.4 is 0 Å². The summed E-state index contributed by atoms with van der Waals surface area (Å²) in [6.45, 7) is 0. The van der Waals surface area contributed by atoms with Gasteiger partial charge in [-0.1, -0.05) is 55.6 Å². The van der Waals surface area contributed by atoms with Crippen molar-refractivity contribution in [3.8, 4) is 0 Å². The molecule has 0 bridgehead atoms. The van der Waals surface area contributed by atoms with Gasteiger partial charge < -0.3 is 0 Å². The molecule has 0 amide bonds. The van der Waals surface area contributed by atoms with Crippen LogP contribution in [0.1, 0.15) is 11.1 Å². The molecule has 1 atom stereocenters. The van der Waals surface area contributed by atoms with E-state index in [4.69, 9.17) is 11.6 Å². The highest BCUT2D eigenvalue weighted by molar-refractivity contribution is 9.10. The van der Waals surface area contributed by atoms with Crippen LogP contribution in [-0.2, 0) is 12.8 Å². The lowest BCUT2D eigenvalue weighted by atomic mass is 9.94. The number of rotatable bonds is 5. The molecule has 1 unspecified atom stereocenters. The normalized spacial score (nSPS) is 12.4. The highest BCUT2D eigenvalue weighted by Crippen LogP contribution is 2.24. The highest BCUT2D eigenvalue weighted by atomic mass is 79.9. The molecule has 0 saturated heterocycles. The zero-order chi connectivity index (χ0) is 14.5. The van der Waals surface area contributed by atoms with Crippen molar-refractivity contribution in [3.05, 3.63) is 68.9 Å². The molecule has 4 heteroatoms. The summed E-state index contributed by atoms with van der Waals surface area (Å²) in [5.74, 6) is 0.142. The third-order valence-electron chi connectivity index (χ3n) is 3.15. The predicted octanol–water partition coefficient (Wildman–Crippen LogP) is 6.04. The first kappa shape index (κ1) is 16.0. The highest BCUT2D eigenvalue weighted by Gasteiger charge is 2.12. The van der Waals surface area contributed by atoms with Gasteiger partial charge in [0.1, 0.15) is 5.82 Å². The van der Waals surface area contributed by atoms with E-state index in [-0.39, 0.29) is 5.82 Å². The largest absolute Gasteiger partial charge is 0.207 e. The molecule has 20 heavy (non-hydrogen) atoms. The number of hydrogen-bond donors (Lipinski definition) is 0. The van der Waals surface area contributed by atoms with Crippen LogP contribution in [0.3, 0.4) is 0 Å². The Bertz CT molecular complexity index is 586. The standard InChI is InChI=1S/C16H14Br2ClF/c17-10-12(6-11-2-1-3-14(18)8-11)7-13-9-15(20)4-5-16(13)19/h1-5,8-9,12H,6-7,10H2. The van der Waals surface area contributed by atoms with Gasteiger partial charge in [-0.2, -0.15) is 0 Å². The Balaban J connectivity index is 2.11. The van der Waals surface area contributed by atoms with Gasteiger partial charge in [0, 0.05) is 14.8 Å². The fourth-order valence-corrected chi connectivity index (χ4v) is 3.29. The van der Waals surface area contributed by atoms with E-state index < -0.39 is 0 Å². The number of halogens is 4. The molecule has 0 aliphatic rings. The van der Waals surface area contributed by atoms with Crippen molar-refractivity contribution in [2.24, 2.45) is 5.92 Å². The van der Waals surface area contributed by atoms with Crippen molar-refractivity contribution in [1.29, 1.82) is 0 Å². The van der Waals surface area contributed by atoms with Gasteiger partial charge in [-0.3, -0.25) is 0 Å². The van der Waals surface area contributed by atoms with Gasteiger partial charge in [-0.05, 0) is 60.2 Å². The van der Waals surface area contributed by atoms with E-state index in [2.05, 4.69) is 44.0 Å². The first-order valence-electron chi connectivity index (χ1n) is 6.33. The van der Waals surface area contributed by atoms with Crippen molar-refractivity contribution in [2.45, 2.75) is 12.8 Å². The van der Waals surface area contributed by atoms with E-state index in [9.17, 15) is 4.39 Å². The lowest BCUT2D eigenvalue weighted by molar-refractivity contribution is 0.582. The van der Waals surface area contributed by atoms with Crippen molar-refractivity contribution in [2.75, 3.05) is 5.33 Å². The van der Waals surface area contributed by atoms with Crippen LogP contribution in [0.15, 0.2) is 46.9 Å². The summed E-state index contributed by atoms with van der Waals surface area (Å²) >= 11 is 13.2. The molecular weight excluding hydrogens is 406 g/mol. The molecule has 0 radical (unpaired) electrons. The minimum atomic E-state index is -0.236. The predicted molar refractivity (Wildman–Crippen MR) is 90.2 cm³/mol. The fourth-order valence-electron chi connectivity index (χ4n) is 2.19. The second-order valence-corrected chi connectivity index (χ2v) is 6.76. The summed E-state index contributed by atoms with van der Waals surface area (Å²) in [4.78, 5) is 0. The zero-order valence-electron chi connectivity index (χ0n) is 10.8. The number of hydrogen-bond acceptors (Lipinski definition) is 0. The van der Waals surface area contributed by atoms with Gasteiger partial charge in [0.25, 0.3) is 0 Å². The average Bonchev–Trinajstić information content (AvgIpc) is 2.42. The van der Waals surface area contributed by atoms with Gasteiger partial charge in [0.15, 0.2) is 0 Å². The van der Waals surface area contributed by atoms with Crippen molar-refractivity contribution in [3.63, 3.8) is 0 Å². The Morgan fingerprint density at radius 2 is 1.90 bits per heavy atom. The molecule has 0 N–H and O–H groups in total. The molecule has 0 aromatic heterocycles. The van der Waals surface area contributed by atoms with E-state index in [1.165, 1.54) is 17.7 Å². The van der Waals surface area contributed by atoms with Crippen LogP contribution in [0.2, 0.25) is 5.02 Å². The topological polar surface area (TPSA) is 0 Å². The van der Waals surface area contributed by atoms with Crippen LogP contribution in [0, 0.1) is 11.7 Å². The monoisotopic (exact) mass is 418 g/mol. The third kappa shape index (κ3) is 4.57. The summed E-state index contributed by atoms with van der Waals surface area (Å²) in [7, 11) is 0. The molecule has 0 spiro atoms. The van der Waals surface area contributed by atoms with Crippen molar-refractivity contribution >= 4 is 43.5 Å². The minimum absolute atomic E-state index is 0.236. The smallest absolute Gasteiger partial charge is 0.123 e. The first-order chi connectivity index (χ1) is 9.58. The summed E-state index contributed by atoms with van der Waals surface area (Å²) in [5, 5.41) is 1.48. The van der Waals surface area contributed by atoms with Crippen LogP contribution in [0.25, 0.3) is 0 Å². The van der Waals surface area contributed by atoms with Crippen LogP contribution in [0.4, 0.5) is 4.39 Å². The van der Waals surface area contributed by atoms with Crippen LogP contribution >= 0.6 is 43.5 Å². The summed E-state index contributed by atoms with van der Waals surface area (Å²) in [5.41, 5.74) is 2.13. The number of benzene rings is 2. The fraction of sp³-hybridized carbons (Fsp3) is 0.250. The van der Waals surface area contributed by atoms with Gasteiger partial charge in [-0.25, -0.2) is 4.39 Å². The van der Waals surface area contributed by atoms with E-state index in [1.54, 1.807) is 6.07 Å². The minimum Gasteiger partial charge on any atom is -0.207 e. The lowest BCUT2D eigenvalue weighted by Crippen LogP contribution is -2.10. The number of alkyl halides is 1. The van der Waals surface area contributed by atoms with E-state index in [1.807, 2.05) is 12.1 Å². The molecule has 0 aliphatic heterocycles. The van der Waals surface area contributed by atoms with Gasteiger partial charge in [-0.15, -0.1) is 0 Å². The summed E-state index contributed by atoms with van der Waals surface area (Å²) in [6.07, 6.45) is 1.69. The van der Waals surface area contributed by atoms with Crippen molar-refractivity contribution < 1.29 is 4.39 Å². The van der Waals surface area contributed by atoms with E-state index in [0.29, 0.717) is 10.9 Å². The maximum absolute atomic E-state index is 13.3. The molecule has 0 fully saturated rings. The third-order valence-corrected chi connectivity index (χ3v) is 4.93. The molecular formula is C16H14Br2ClF. The molecule has 0 aliphatic carbocycles. The molecule has 2 rings (SSSR count). The maximum atomic E-state index is 13.3. The Kier molecular flexibility index (Phi) is 6.06. The lowest BCUT2D eigenvalue weighted by Gasteiger charge is -2.15. The second kappa shape index (κ2) is 7.58. The Morgan fingerprint density at radius 3 is 2.60 bits per heavy atom. The molecule has 106 valence electrons. The van der Waals surface area contributed by atoms with Crippen LogP contribution in [-0.4, -0.2) is 5.33 Å². The van der Waals surface area contributed by atoms with Gasteiger partial charge >= 0.3 is 0 Å². The Morgan fingerprint density at radius 1 is 1.10 bits per heavy atom. The SMILES string of the molecule is Fc1ccc(Cl)c(CC(CBr)Cc2cccc(Br)c2)c1. The Hall–Kier alpha value is -0.380. The van der Waals surface area contributed by atoms with Crippen molar-refractivity contribution in [1.82, 2.24) is 0 Å².